The number of alkyl halides is 3. The summed E-state index contributed by atoms with van der Waals surface area (Å²) in [5.74, 6) is -0.418. The van der Waals surface area contributed by atoms with E-state index in [1.54, 1.807) is 0 Å². The average molecular weight is 274 g/mol. The predicted octanol–water partition coefficient (Wildman–Crippen LogP) is 2.52. The Kier molecular flexibility index (Phi) is 5.35. The third kappa shape index (κ3) is 4.24. The molecule has 106 valence electrons. The number of carbonyl (C=O) groups is 1. The van der Waals surface area contributed by atoms with Crippen LogP contribution in [0.3, 0.4) is 0 Å². The first-order chi connectivity index (χ1) is 8.90. The van der Waals surface area contributed by atoms with Crippen LogP contribution in [0.4, 0.5) is 13.2 Å². The van der Waals surface area contributed by atoms with Gasteiger partial charge in [0.25, 0.3) is 5.91 Å². The molecular formula is C13H17F3N2O. The van der Waals surface area contributed by atoms with E-state index in [1.165, 1.54) is 17.0 Å². The maximum absolute atomic E-state index is 12.6. The lowest BCUT2D eigenvalue weighted by Crippen LogP contribution is -2.36. The van der Waals surface area contributed by atoms with Gasteiger partial charge in [0.05, 0.1) is 5.56 Å². The molecule has 19 heavy (non-hydrogen) atoms. The first-order valence-electron chi connectivity index (χ1n) is 6.06. The van der Waals surface area contributed by atoms with Crippen molar-refractivity contribution < 1.29 is 18.0 Å². The van der Waals surface area contributed by atoms with Crippen molar-refractivity contribution in [1.29, 1.82) is 0 Å². The van der Waals surface area contributed by atoms with E-state index in [2.05, 4.69) is 0 Å². The van der Waals surface area contributed by atoms with Gasteiger partial charge in [0, 0.05) is 25.2 Å². The Hall–Kier alpha value is -1.56. The molecule has 0 aliphatic heterocycles. The molecular weight excluding hydrogens is 257 g/mol. The van der Waals surface area contributed by atoms with E-state index >= 15 is 0 Å². The fourth-order valence-corrected chi connectivity index (χ4v) is 1.75. The monoisotopic (exact) mass is 274 g/mol. The van der Waals surface area contributed by atoms with Crippen LogP contribution in [0.25, 0.3) is 0 Å². The maximum Gasteiger partial charge on any atom is 0.416 e. The van der Waals surface area contributed by atoms with Crippen molar-refractivity contribution >= 4 is 5.91 Å². The van der Waals surface area contributed by atoms with Gasteiger partial charge in [-0.05, 0) is 24.6 Å². The summed E-state index contributed by atoms with van der Waals surface area (Å²) in [5, 5.41) is 0. The minimum Gasteiger partial charge on any atom is -0.337 e. The Labute approximate surface area is 110 Å². The standard InChI is InChI=1S/C13H17F3N2O/c1-2-7-18(8-6-17)12(19)10-4-3-5-11(9-10)13(14,15)16/h3-5,9H,2,6-8,17H2,1H3. The first kappa shape index (κ1) is 15.5. The molecule has 0 aromatic heterocycles. The number of nitrogens with two attached hydrogens (primary N) is 1. The van der Waals surface area contributed by atoms with E-state index < -0.39 is 17.6 Å². The lowest BCUT2D eigenvalue weighted by molar-refractivity contribution is -0.137. The summed E-state index contributed by atoms with van der Waals surface area (Å²) in [7, 11) is 0. The lowest BCUT2D eigenvalue weighted by Gasteiger charge is -2.21. The van der Waals surface area contributed by atoms with Crippen LogP contribution in [-0.4, -0.2) is 30.4 Å². The molecule has 0 fully saturated rings. The van der Waals surface area contributed by atoms with Gasteiger partial charge in [0.1, 0.15) is 0 Å². The summed E-state index contributed by atoms with van der Waals surface area (Å²) in [4.78, 5) is 13.6. The largest absolute Gasteiger partial charge is 0.416 e. The van der Waals surface area contributed by atoms with Gasteiger partial charge < -0.3 is 10.6 Å². The van der Waals surface area contributed by atoms with E-state index in [0.717, 1.165) is 18.6 Å². The number of halogens is 3. The zero-order valence-corrected chi connectivity index (χ0v) is 10.7. The number of carbonyl (C=O) groups excluding carboxylic acids is 1. The van der Waals surface area contributed by atoms with Crippen molar-refractivity contribution in [3.05, 3.63) is 35.4 Å². The van der Waals surface area contributed by atoms with E-state index in [9.17, 15) is 18.0 Å². The Morgan fingerprint density at radius 1 is 1.32 bits per heavy atom. The maximum atomic E-state index is 12.6. The molecule has 0 aliphatic rings. The molecule has 0 aliphatic carbocycles. The van der Waals surface area contributed by atoms with Crippen LogP contribution >= 0.6 is 0 Å². The highest BCUT2D eigenvalue weighted by Crippen LogP contribution is 2.29. The van der Waals surface area contributed by atoms with E-state index in [-0.39, 0.29) is 12.1 Å². The molecule has 0 atom stereocenters. The molecule has 6 heteroatoms. The second kappa shape index (κ2) is 6.56. The molecule has 0 heterocycles. The molecule has 1 aromatic rings. The number of amides is 1. The van der Waals surface area contributed by atoms with Crippen LogP contribution in [0, 0.1) is 0 Å². The molecule has 3 nitrogen and oxygen atoms in total. The number of benzene rings is 1. The van der Waals surface area contributed by atoms with E-state index in [0.29, 0.717) is 13.1 Å². The Morgan fingerprint density at radius 3 is 2.53 bits per heavy atom. The SMILES string of the molecule is CCCN(CCN)C(=O)c1cccc(C(F)(F)F)c1. The predicted molar refractivity (Wildman–Crippen MR) is 66.7 cm³/mol. The van der Waals surface area contributed by atoms with Gasteiger partial charge in [-0.3, -0.25) is 4.79 Å². The summed E-state index contributed by atoms with van der Waals surface area (Å²) in [6.45, 7) is 2.99. The van der Waals surface area contributed by atoms with Gasteiger partial charge in [-0.1, -0.05) is 13.0 Å². The second-order valence-electron chi connectivity index (χ2n) is 4.16. The van der Waals surface area contributed by atoms with Gasteiger partial charge in [-0.15, -0.1) is 0 Å². The van der Waals surface area contributed by atoms with Crippen LogP contribution in [0.5, 0.6) is 0 Å². The smallest absolute Gasteiger partial charge is 0.337 e. The van der Waals surface area contributed by atoms with Crippen molar-refractivity contribution in [2.45, 2.75) is 19.5 Å². The summed E-state index contributed by atoms with van der Waals surface area (Å²) < 4.78 is 37.8. The van der Waals surface area contributed by atoms with Crippen molar-refractivity contribution in [1.82, 2.24) is 4.90 Å². The van der Waals surface area contributed by atoms with Gasteiger partial charge in [-0.2, -0.15) is 13.2 Å². The molecule has 0 unspecified atom stereocenters. The van der Waals surface area contributed by atoms with Crippen molar-refractivity contribution in [3.63, 3.8) is 0 Å². The van der Waals surface area contributed by atoms with Crippen molar-refractivity contribution in [2.24, 2.45) is 5.73 Å². The molecule has 1 aromatic carbocycles. The highest BCUT2D eigenvalue weighted by molar-refractivity contribution is 5.94. The lowest BCUT2D eigenvalue weighted by atomic mass is 10.1. The summed E-state index contributed by atoms with van der Waals surface area (Å²) in [6.07, 6.45) is -3.72. The number of hydrogen-bond donors (Lipinski definition) is 1. The summed E-state index contributed by atoms with van der Waals surface area (Å²) in [5.41, 5.74) is 4.62. The molecule has 0 radical (unpaired) electrons. The fourth-order valence-electron chi connectivity index (χ4n) is 1.75. The van der Waals surface area contributed by atoms with Gasteiger partial charge in [0.15, 0.2) is 0 Å². The van der Waals surface area contributed by atoms with Gasteiger partial charge >= 0.3 is 6.18 Å². The third-order valence-electron chi connectivity index (χ3n) is 2.62. The molecule has 2 N–H and O–H groups in total. The minimum absolute atomic E-state index is 0.0386. The molecule has 0 bridgehead atoms. The summed E-state index contributed by atoms with van der Waals surface area (Å²) >= 11 is 0. The highest BCUT2D eigenvalue weighted by Gasteiger charge is 2.31. The van der Waals surface area contributed by atoms with E-state index in [1.807, 2.05) is 6.92 Å². The fraction of sp³-hybridized carbons (Fsp3) is 0.462. The normalized spacial score (nSPS) is 11.4. The second-order valence-corrected chi connectivity index (χ2v) is 4.16. The number of hydrogen-bond acceptors (Lipinski definition) is 2. The van der Waals surface area contributed by atoms with Crippen molar-refractivity contribution in [3.8, 4) is 0 Å². The zero-order valence-electron chi connectivity index (χ0n) is 10.7. The molecule has 0 spiro atoms. The quantitative estimate of drug-likeness (QED) is 0.896. The number of rotatable bonds is 5. The number of nitrogens with zero attached hydrogens (tertiary/aromatic N) is 1. The average Bonchev–Trinajstić information content (AvgIpc) is 2.37. The molecule has 1 amide bonds. The van der Waals surface area contributed by atoms with Crippen LogP contribution in [-0.2, 0) is 6.18 Å². The zero-order chi connectivity index (χ0) is 14.5. The van der Waals surface area contributed by atoms with E-state index in [4.69, 9.17) is 5.73 Å². The minimum atomic E-state index is -4.44. The van der Waals surface area contributed by atoms with Crippen LogP contribution < -0.4 is 5.73 Å². The molecule has 0 saturated carbocycles. The van der Waals surface area contributed by atoms with Gasteiger partial charge in [0.2, 0.25) is 0 Å². The third-order valence-corrected chi connectivity index (χ3v) is 2.62. The Balaban J connectivity index is 2.98. The molecule has 1 rings (SSSR count). The van der Waals surface area contributed by atoms with Crippen LogP contribution in [0.2, 0.25) is 0 Å². The van der Waals surface area contributed by atoms with Crippen molar-refractivity contribution in [2.75, 3.05) is 19.6 Å². The highest BCUT2D eigenvalue weighted by atomic mass is 19.4. The first-order valence-corrected chi connectivity index (χ1v) is 6.06. The topological polar surface area (TPSA) is 46.3 Å². The summed E-state index contributed by atoms with van der Waals surface area (Å²) in [6, 6.07) is 4.45. The Morgan fingerprint density at radius 2 is 2.00 bits per heavy atom. The van der Waals surface area contributed by atoms with Crippen LogP contribution in [0.1, 0.15) is 29.3 Å². The van der Waals surface area contributed by atoms with Crippen LogP contribution in [0.15, 0.2) is 24.3 Å². The Bertz CT molecular complexity index is 426. The van der Waals surface area contributed by atoms with Gasteiger partial charge in [-0.25, -0.2) is 0 Å². The molecule has 0 saturated heterocycles.